The number of anilines is 2. The first kappa shape index (κ1) is 21.9. The Morgan fingerprint density at radius 2 is 1.66 bits per heavy atom. The summed E-state index contributed by atoms with van der Waals surface area (Å²) in [6.07, 6.45) is 2.39. The summed E-state index contributed by atoms with van der Waals surface area (Å²) >= 11 is 0. The minimum absolute atomic E-state index is 0.0124. The van der Waals surface area contributed by atoms with Crippen LogP contribution in [0.15, 0.2) is 48.5 Å². The van der Waals surface area contributed by atoms with Gasteiger partial charge in [-0.25, -0.2) is 0 Å². The molecule has 2 fully saturated rings. The zero-order chi connectivity index (χ0) is 22.5. The van der Waals surface area contributed by atoms with Crippen LogP contribution in [-0.2, 0) is 4.79 Å². The van der Waals surface area contributed by atoms with Gasteiger partial charge in [0.25, 0.3) is 5.69 Å². The van der Waals surface area contributed by atoms with Crippen LogP contribution in [0.2, 0.25) is 0 Å². The van der Waals surface area contributed by atoms with Crippen molar-refractivity contribution in [2.24, 2.45) is 5.92 Å². The molecule has 0 saturated carbocycles. The van der Waals surface area contributed by atoms with Gasteiger partial charge >= 0.3 is 0 Å². The molecule has 8 nitrogen and oxygen atoms in total. The van der Waals surface area contributed by atoms with Crippen molar-refractivity contribution in [3.63, 3.8) is 0 Å². The number of benzene rings is 2. The number of rotatable bonds is 5. The zero-order valence-electron chi connectivity index (χ0n) is 18.5. The van der Waals surface area contributed by atoms with Gasteiger partial charge in [-0.3, -0.25) is 14.9 Å². The van der Waals surface area contributed by atoms with Crippen LogP contribution in [0, 0.1) is 16.0 Å². The van der Waals surface area contributed by atoms with Gasteiger partial charge in [-0.2, -0.15) is 0 Å². The summed E-state index contributed by atoms with van der Waals surface area (Å²) in [4.78, 5) is 30.6. The number of amides is 1. The third kappa shape index (κ3) is 4.79. The quantitative estimate of drug-likeness (QED) is 0.525. The maximum atomic E-state index is 13.2. The largest absolute Gasteiger partial charge is 0.497 e. The molecule has 0 N–H and O–H groups in total. The van der Waals surface area contributed by atoms with Gasteiger partial charge in [0, 0.05) is 56.9 Å². The second-order valence-corrected chi connectivity index (χ2v) is 8.37. The Balaban J connectivity index is 1.33. The summed E-state index contributed by atoms with van der Waals surface area (Å²) in [6, 6.07) is 14.9. The van der Waals surface area contributed by atoms with Crippen molar-refractivity contribution >= 4 is 23.0 Å². The van der Waals surface area contributed by atoms with Crippen molar-refractivity contribution < 1.29 is 14.5 Å². The summed E-state index contributed by atoms with van der Waals surface area (Å²) < 4.78 is 5.24. The Morgan fingerprint density at radius 3 is 2.34 bits per heavy atom. The van der Waals surface area contributed by atoms with Gasteiger partial charge in [0.2, 0.25) is 5.91 Å². The van der Waals surface area contributed by atoms with E-state index in [0.717, 1.165) is 56.9 Å². The Bertz CT molecular complexity index is 941. The van der Waals surface area contributed by atoms with E-state index in [0.29, 0.717) is 18.8 Å². The van der Waals surface area contributed by atoms with Crippen molar-refractivity contribution in [1.82, 2.24) is 4.90 Å². The molecule has 2 aliphatic rings. The molecule has 0 bridgehead atoms. The second-order valence-electron chi connectivity index (χ2n) is 8.37. The average molecular weight is 439 g/mol. The van der Waals surface area contributed by atoms with E-state index in [1.54, 1.807) is 25.3 Å². The first-order valence-electron chi connectivity index (χ1n) is 11.2. The summed E-state index contributed by atoms with van der Waals surface area (Å²) in [6.45, 7) is 4.55. The fraction of sp³-hybridized carbons (Fsp3) is 0.458. The number of carbonyl (C=O) groups is 1. The number of nitrogens with zero attached hydrogens (tertiary/aromatic N) is 4. The summed E-state index contributed by atoms with van der Waals surface area (Å²) in [5.74, 6) is 1.05. The highest BCUT2D eigenvalue weighted by atomic mass is 16.6. The van der Waals surface area contributed by atoms with Crippen molar-refractivity contribution in [3.05, 3.63) is 58.6 Å². The number of hydrogen-bond acceptors (Lipinski definition) is 6. The average Bonchev–Trinajstić information content (AvgIpc) is 3.10. The minimum Gasteiger partial charge on any atom is -0.497 e. The van der Waals surface area contributed by atoms with E-state index in [2.05, 4.69) is 17.0 Å². The molecule has 170 valence electrons. The number of methoxy groups -OCH3 is 1. The number of hydrogen-bond donors (Lipinski definition) is 0. The van der Waals surface area contributed by atoms with Crippen molar-refractivity contribution in [2.45, 2.75) is 19.3 Å². The molecular weight excluding hydrogens is 408 g/mol. The highest BCUT2D eigenvalue weighted by molar-refractivity contribution is 5.79. The molecule has 0 spiro atoms. The van der Waals surface area contributed by atoms with Gasteiger partial charge in [-0.15, -0.1) is 0 Å². The fourth-order valence-corrected chi connectivity index (χ4v) is 4.70. The van der Waals surface area contributed by atoms with Crippen molar-refractivity contribution in [1.29, 1.82) is 0 Å². The lowest BCUT2D eigenvalue weighted by molar-refractivity contribution is -0.384. The lowest BCUT2D eigenvalue weighted by atomic mass is 9.94. The predicted octanol–water partition coefficient (Wildman–Crippen LogP) is 3.56. The smallest absolute Gasteiger partial charge is 0.292 e. The zero-order valence-corrected chi connectivity index (χ0v) is 18.5. The molecule has 0 atom stereocenters. The van der Waals surface area contributed by atoms with Crippen LogP contribution < -0.4 is 14.5 Å². The minimum atomic E-state index is -0.335. The number of ether oxygens (including phenoxy) is 1. The van der Waals surface area contributed by atoms with Crippen LogP contribution in [0.1, 0.15) is 19.3 Å². The molecule has 2 saturated heterocycles. The van der Waals surface area contributed by atoms with Gasteiger partial charge in [0.15, 0.2) is 0 Å². The van der Waals surface area contributed by atoms with E-state index < -0.39 is 0 Å². The molecule has 2 aliphatic heterocycles. The van der Waals surface area contributed by atoms with E-state index in [9.17, 15) is 14.9 Å². The Kier molecular flexibility index (Phi) is 6.78. The van der Waals surface area contributed by atoms with Crippen LogP contribution in [-0.4, -0.2) is 62.1 Å². The van der Waals surface area contributed by atoms with Gasteiger partial charge in [-0.05, 0) is 49.6 Å². The Hall–Kier alpha value is -3.29. The van der Waals surface area contributed by atoms with Crippen LogP contribution in [0.25, 0.3) is 0 Å². The van der Waals surface area contributed by atoms with E-state index in [1.807, 2.05) is 28.0 Å². The third-order valence-corrected chi connectivity index (χ3v) is 6.51. The number of carbonyl (C=O) groups excluding carboxylic acids is 1. The first-order valence-corrected chi connectivity index (χ1v) is 11.2. The normalized spacial score (nSPS) is 17.7. The molecule has 0 aliphatic carbocycles. The predicted molar refractivity (Wildman–Crippen MR) is 124 cm³/mol. The monoisotopic (exact) mass is 438 g/mol. The fourth-order valence-electron chi connectivity index (χ4n) is 4.70. The van der Waals surface area contributed by atoms with Gasteiger partial charge < -0.3 is 19.4 Å². The van der Waals surface area contributed by atoms with Crippen LogP contribution >= 0.6 is 0 Å². The molecule has 2 heterocycles. The molecule has 2 aromatic rings. The first-order chi connectivity index (χ1) is 15.6. The molecule has 0 aromatic heterocycles. The lowest BCUT2D eigenvalue weighted by Gasteiger charge is -2.35. The Morgan fingerprint density at radius 1 is 0.938 bits per heavy atom. The maximum absolute atomic E-state index is 13.2. The van der Waals surface area contributed by atoms with E-state index in [4.69, 9.17) is 4.74 Å². The maximum Gasteiger partial charge on any atom is 0.292 e. The lowest BCUT2D eigenvalue weighted by Crippen LogP contribution is -2.44. The third-order valence-electron chi connectivity index (χ3n) is 6.51. The summed E-state index contributed by atoms with van der Waals surface area (Å²) in [7, 11) is 1.66. The van der Waals surface area contributed by atoms with Gasteiger partial charge in [0.05, 0.1) is 12.0 Å². The number of nitro benzene ring substituents is 1. The SMILES string of the molecule is COc1ccc(N2CCCN(C(=O)C3CCN(c4ccccc4[N+](=O)[O-])CC3)CC2)cc1. The molecule has 4 rings (SSSR count). The van der Waals surface area contributed by atoms with Crippen molar-refractivity contribution in [3.8, 4) is 5.75 Å². The second kappa shape index (κ2) is 9.89. The molecule has 8 heteroatoms. The summed E-state index contributed by atoms with van der Waals surface area (Å²) in [5, 5.41) is 11.3. The molecule has 1 amide bonds. The topological polar surface area (TPSA) is 79.2 Å². The standard InChI is InChI=1S/C24H30N4O4/c1-32-21-9-7-20(8-10-21)25-13-4-14-27(18-17-25)24(29)19-11-15-26(16-12-19)22-5-2-3-6-23(22)28(30)31/h2-3,5-10,19H,4,11-18H2,1H3. The van der Waals surface area contributed by atoms with Gasteiger partial charge in [-0.1, -0.05) is 12.1 Å². The number of piperidine rings is 1. The number of para-hydroxylation sites is 2. The molecule has 32 heavy (non-hydrogen) atoms. The van der Waals surface area contributed by atoms with Crippen molar-refractivity contribution in [2.75, 3.05) is 56.2 Å². The molecule has 0 unspecified atom stereocenters. The van der Waals surface area contributed by atoms with E-state index in [1.165, 1.54) is 0 Å². The van der Waals surface area contributed by atoms with Crippen LogP contribution in [0.3, 0.4) is 0 Å². The number of nitro groups is 1. The highest BCUT2D eigenvalue weighted by Gasteiger charge is 2.31. The Labute approximate surface area is 188 Å². The molecular formula is C24H30N4O4. The van der Waals surface area contributed by atoms with E-state index in [-0.39, 0.29) is 22.4 Å². The molecule has 2 aromatic carbocycles. The van der Waals surface area contributed by atoms with Crippen LogP contribution in [0.4, 0.5) is 17.1 Å². The highest BCUT2D eigenvalue weighted by Crippen LogP contribution is 2.32. The molecule has 0 radical (unpaired) electrons. The van der Waals surface area contributed by atoms with Gasteiger partial charge in [0.1, 0.15) is 11.4 Å². The van der Waals surface area contributed by atoms with E-state index >= 15 is 0 Å². The summed E-state index contributed by atoms with van der Waals surface area (Å²) in [5.41, 5.74) is 1.93. The van der Waals surface area contributed by atoms with Crippen LogP contribution in [0.5, 0.6) is 5.75 Å².